The Morgan fingerprint density at radius 2 is 1.61 bits per heavy atom. The second-order valence-electron chi connectivity index (χ2n) is 18.8. The van der Waals surface area contributed by atoms with Gasteiger partial charge in [0.25, 0.3) is 23.6 Å². The molecule has 0 saturated carbocycles. The maximum atomic E-state index is 14.7. The van der Waals surface area contributed by atoms with Gasteiger partial charge in [0.1, 0.15) is 24.0 Å². The molecule has 8 rings (SSSR count). The number of halogens is 5. The van der Waals surface area contributed by atoms with Gasteiger partial charge in [-0.05, 0) is 121 Å². The van der Waals surface area contributed by atoms with E-state index in [1.165, 1.54) is 11.0 Å². The number of amides is 5. The quantitative estimate of drug-likeness (QED) is 0.0776. The number of carbonyl (C=O) groups excluding carboxylic acids is 5. The molecule has 76 heavy (non-hydrogen) atoms. The van der Waals surface area contributed by atoms with Crippen molar-refractivity contribution in [1.82, 2.24) is 15.0 Å². The average Bonchev–Trinajstić information content (AvgIpc) is 3.63. The van der Waals surface area contributed by atoms with E-state index in [1.807, 2.05) is 84.9 Å². The molecule has 2 N–H and O–H groups in total. The maximum absolute atomic E-state index is 14.7. The van der Waals surface area contributed by atoms with E-state index in [4.69, 9.17) is 67.0 Å². The summed E-state index contributed by atoms with van der Waals surface area (Å²) >= 11 is 22.8. The number of aryl methyl sites for hydroxylation is 2. The Morgan fingerprint density at radius 1 is 0.947 bits per heavy atom. The highest BCUT2D eigenvalue weighted by atomic mass is 35.5. The summed E-state index contributed by atoms with van der Waals surface area (Å²) in [4.78, 5) is 78.0. The Bertz CT molecular complexity index is 2810. The number of aromatic nitrogens is 3. The number of benzene rings is 3. The molecule has 1 aliphatic carbocycles. The number of hydrogen-bond acceptors (Lipinski definition) is 13. The largest absolute Gasteiger partial charge is 0.489 e. The topological polar surface area (TPSA) is 189 Å². The summed E-state index contributed by atoms with van der Waals surface area (Å²) in [5.74, 6) is 1.64. The highest BCUT2D eigenvalue weighted by Gasteiger charge is 2.42. The fraction of sp³-hybridized carbons (Fsp3) is 0.444. The summed E-state index contributed by atoms with van der Waals surface area (Å²) in [7, 11) is 1.64. The third-order valence-electron chi connectivity index (χ3n) is 11.9. The number of carbonyl (C=O) groups is 5. The third-order valence-corrected chi connectivity index (χ3v) is 12.7. The van der Waals surface area contributed by atoms with E-state index in [9.17, 15) is 28.4 Å². The van der Waals surface area contributed by atoms with Crippen molar-refractivity contribution in [2.45, 2.75) is 110 Å². The fourth-order valence-electron chi connectivity index (χ4n) is 8.65. The Hall–Kier alpha value is -6.23. The van der Waals surface area contributed by atoms with Crippen LogP contribution in [0.4, 0.5) is 39.0 Å². The smallest absolute Gasteiger partial charge is 0.265 e. The summed E-state index contributed by atoms with van der Waals surface area (Å²) in [5, 5.41) is 6.31. The van der Waals surface area contributed by atoms with E-state index in [0.717, 1.165) is 59.3 Å². The summed E-state index contributed by atoms with van der Waals surface area (Å²) in [5.41, 5.74) is 4.82. The summed E-state index contributed by atoms with van der Waals surface area (Å²) in [6, 6.07) is 15.7. The van der Waals surface area contributed by atoms with Crippen LogP contribution in [-0.2, 0) is 35.1 Å². The molecular weight excluding hydrogens is 1060 g/mol. The standard InChI is InChI=1S/C19H15FN2O4.C15H22ClNO2.C11H11Cl2NO2.C9H16ClN5/c1-2-7-21-15-9-14(13(20)8-16(15)26-10-17(21)23)22-18(24)11-5-3-4-6-12(11)19(22)25;1-5-13-8-6-7-11(2)15(13)17(14(18)9-16)12(3)10-19-4;1-7-6-16-9-5-3-2-4-8(9)14(7)11(15)10(12)13;1-5-11-7-12-6(10)13-8(14-7)15-9(2,3)4/h1,8-9H,3-7,10H2;6-8,12H,5,9-10H2,1-4H3;2-5,7,10H,6H2,1H3;5H2,1-4H3,(H2,11,12,13,14,15). The van der Waals surface area contributed by atoms with Gasteiger partial charge in [0.05, 0.1) is 48.0 Å². The van der Waals surface area contributed by atoms with E-state index in [1.54, 1.807) is 16.9 Å². The van der Waals surface area contributed by atoms with Crippen LogP contribution in [0.25, 0.3) is 0 Å². The molecule has 0 bridgehead atoms. The van der Waals surface area contributed by atoms with Gasteiger partial charge in [0.15, 0.2) is 17.3 Å². The second-order valence-corrected chi connectivity index (χ2v) is 20.5. The molecule has 3 aliphatic heterocycles. The Kier molecular flexibility index (Phi) is 22.1. The lowest BCUT2D eigenvalue weighted by molar-refractivity contribution is -0.121. The highest BCUT2D eigenvalue weighted by molar-refractivity contribution is 6.54. The van der Waals surface area contributed by atoms with Crippen molar-refractivity contribution in [2.75, 3.05) is 76.1 Å². The van der Waals surface area contributed by atoms with E-state index in [2.05, 4.69) is 44.5 Å². The number of imide groups is 1. The van der Waals surface area contributed by atoms with Crippen molar-refractivity contribution in [2.24, 2.45) is 0 Å². The van der Waals surface area contributed by atoms with Crippen LogP contribution in [0.1, 0.15) is 85.3 Å². The van der Waals surface area contributed by atoms with Gasteiger partial charge in [0.2, 0.25) is 23.1 Å². The molecule has 0 fully saturated rings. The molecule has 1 aromatic heterocycles. The van der Waals surface area contributed by atoms with Crippen molar-refractivity contribution in [1.29, 1.82) is 0 Å². The van der Waals surface area contributed by atoms with Crippen molar-refractivity contribution >= 4 is 111 Å². The first-order valence-corrected chi connectivity index (χ1v) is 26.4. The van der Waals surface area contributed by atoms with Crippen LogP contribution >= 0.6 is 46.4 Å². The molecule has 4 aromatic rings. The van der Waals surface area contributed by atoms with Gasteiger partial charge in [0, 0.05) is 36.4 Å². The van der Waals surface area contributed by atoms with Gasteiger partial charge in [-0.15, -0.1) is 18.0 Å². The van der Waals surface area contributed by atoms with E-state index in [0.29, 0.717) is 54.8 Å². The highest BCUT2D eigenvalue weighted by Crippen LogP contribution is 2.42. The number of terminal acetylenes is 1. The zero-order valence-electron chi connectivity index (χ0n) is 44.1. The molecular formula is C54H64Cl4FN9O8. The Balaban J connectivity index is 0.000000192. The van der Waals surface area contributed by atoms with Crippen molar-refractivity contribution in [3.05, 3.63) is 88.0 Å². The first kappa shape index (κ1) is 60.6. The summed E-state index contributed by atoms with van der Waals surface area (Å²) in [6.45, 7) is 17.4. The number of para-hydroxylation sites is 3. The minimum absolute atomic E-state index is 0.0170. The molecule has 2 atom stereocenters. The number of ether oxygens (including phenoxy) is 3. The number of anilines is 6. The van der Waals surface area contributed by atoms with Gasteiger partial charge < -0.3 is 34.6 Å². The van der Waals surface area contributed by atoms with E-state index in [-0.39, 0.29) is 76.8 Å². The zero-order valence-corrected chi connectivity index (χ0v) is 47.1. The Labute approximate surface area is 463 Å². The molecule has 0 saturated heterocycles. The maximum Gasteiger partial charge on any atom is 0.265 e. The van der Waals surface area contributed by atoms with Crippen LogP contribution in [-0.4, -0.2) is 113 Å². The molecule has 0 spiro atoms. The Morgan fingerprint density at radius 3 is 2.20 bits per heavy atom. The van der Waals surface area contributed by atoms with Crippen LogP contribution in [0.5, 0.6) is 11.5 Å². The molecule has 408 valence electrons. The zero-order chi connectivity index (χ0) is 56.0. The molecule has 0 radical (unpaired) electrons. The van der Waals surface area contributed by atoms with Crippen molar-refractivity contribution in [3.8, 4) is 23.8 Å². The number of alkyl halides is 3. The minimum Gasteiger partial charge on any atom is -0.489 e. The fourth-order valence-corrected chi connectivity index (χ4v) is 9.15. The predicted molar refractivity (Wildman–Crippen MR) is 298 cm³/mol. The normalized spacial score (nSPS) is 15.9. The monoisotopic (exact) mass is 1130 g/mol. The first-order chi connectivity index (χ1) is 36.1. The minimum atomic E-state index is -1.05. The number of nitrogens with zero attached hydrogens (tertiary/aromatic N) is 7. The summed E-state index contributed by atoms with van der Waals surface area (Å²) in [6.07, 6.45) is 8.89. The molecule has 4 heterocycles. The van der Waals surface area contributed by atoms with Crippen LogP contribution in [0.2, 0.25) is 5.28 Å². The van der Waals surface area contributed by atoms with E-state index >= 15 is 0 Å². The number of fused-ring (bicyclic) bond motifs is 2. The molecule has 4 aliphatic rings. The van der Waals surface area contributed by atoms with Gasteiger partial charge in [-0.2, -0.15) is 15.0 Å². The van der Waals surface area contributed by atoms with Gasteiger partial charge in [-0.1, -0.05) is 66.4 Å². The average molecular weight is 1130 g/mol. The van der Waals surface area contributed by atoms with Gasteiger partial charge >= 0.3 is 0 Å². The van der Waals surface area contributed by atoms with Crippen molar-refractivity contribution < 1.29 is 42.6 Å². The lowest BCUT2D eigenvalue weighted by atomic mass is 9.93. The number of hydrogen-bond donors (Lipinski definition) is 2. The molecule has 5 amide bonds. The number of rotatable bonds is 12. The first-order valence-electron chi connectivity index (χ1n) is 24.6. The lowest BCUT2D eigenvalue weighted by Crippen LogP contribution is -2.47. The van der Waals surface area contributed by atoms with Crippen LogP contribution in [0.3, 0.4) is 0 Å². The lowest BCUT2D eigenvalue weighted by Gasteiger charge is -2.35. The van der Waals surface area contributed by atoms with E-state index < -0.39 is 22.5 Å². The second kappa shape index (κ2) is 27.7. The SMILES string of the molecule is C#CCN1C(=O)COc2cc(F)c(N3C(=O)C4=C(CCCC4)C3=O)cc21.CC1COc2ccccc2N1C(=O)C(Cl)Cl.CCNc1nc(Cl)nc(NC(C)(C)C)n1.CCc1cccc(C)c1N(C(=O)CCl)C(C)COC. The van der Waals surface area contributed by atoms with Crippen LogP contribution in [0.15, 0.2) is 65.7 Å². The number of methoxy groups -OCH3 is 1. The van der Waals surface area contributed by atoms with Gasteiger partial charge in [-0.25, -0.2) is 9.29 Å². The van der Waals surface area contributed by atoms with Crippen LogP contribution < -0.4 is 39.7 Å². The third kappa shape index (κ3) is 15.0. The summed E-state index contributed by atoms with van der Waals surface area (Å²) < 4.78 is 30.6. The predicted octanol–water partition coefficient (Wildman–Crippen LogP) is 9.86. The van der Waals surface area contributed by atoms with Crippen molar-refractivity contribution in [3.63, 3.8) is 0 Å². The van der Waals surface area contributed by atoms with Gasteiger partial charge in [-0.3, -0.25) is 28.9 Å². The molecule has 17 nitrogen and oxygen atoms in total. The molecule has 2 unspecified atom stereocenters. The molecule has 22 heteroatoms. The number of nitrogens with one attached hydrogen (secondary N) is 2. The van der Waals surface area contributed by atoms with Crippen LogP contribution in [0, 0.1) is 25.1 Å². The molecule has 3 aromatic carbocycles.